The van der Waals surface area contributed by atoms with Crippen molar-refractivity contribution in [3.8, 4) is 5.75 Å². The largest absolute Gasteiger partial charge is 0.494 e. The zero-order chi connectivity index (χ0) is 17.8. The predicted molar refractivity (Wildman–Crippen MR) is 93.6 cm³/mol. The van der Waals surface area contributed by atoms with Crippen LogP contribution in [0.25, 0.3) is 0 Å². The highest BCUT2D eigenvalue weighted by Gasteiger charge is 2.32. The fourth-order valence-electron chi connectivity index (χ4n) is 3.16. The fraction of sp³-hybridized carbons (Fsp3) is 0.300. The molecule has 0 aromatic heterocycles. The van der Waals surface area contributed by atoms with Crippen molar-refractivity contribution in [3.05, 3.63) is 65.2 Å². The van der Waals surface area contributed by atoms with Gasteiger partial charge >= 0.3 is 5.97 Å². The van der Waals surface area contributed by atoms with Gasteiger partial charge in [0.05, 0.1) is 18.9 Å². The summed E-state index contributed by atoms with van der Waals surface area (Å²) in [5, 5.41) is 9.50. The van der Waals surface area contributed by atoms with E-state index in [1.165, 1.54) is 0 Å². The maximum atomic E-state index is 12.7. The van der Waals surface area contributed by atoms with Crippen LogP contribution in [-0.2, 0) is 22.6 Å². The number of hydrogen-bond donors (Lipinski definition) is 1. The maximum absolute atomic E-state index is 12.7. The number of hydrogen-bond acceptors (Lipinski definition) is 3. The van der Waals surface area contributed by atoms with Crippen molar-refractivity contribution >= 4 is 11.9 Å². The highest BCUT2D eigenvalue weighted by molar-refractivity contribution is 5.82. The van der Waals surface area contributed by atoms with E-state index in [-0.39, 0.29) is 18.9 Å². The number of nitrogens with zero attached hydrogens (tertiary/aromatic N) is 1. The molecular formula is C20H21NO4. The van der Waals surface area contributed by atoms with E-state index < -0.39 is 11.9 Å². The Hall–Kier alpha value is -2.82. The summed E-state index contributed by atoms with van der Waals surface area (Å²) < 4.78 is 5.40. The molecule has 1 unspecified atom stereocenters. The van der Waals surface area contributed by atoms with Gasteiger partial charge in [-0.2, -0.15) is 0 Å². The number of aliphatic carboxylic acids is 1. The lowest BCUT2D eigenvalue weighted by atomic mass is 9.89. The van der Waals surface area contributed by atoms with E-state index in [0.717, 1.165) is 22.4 Å². The molecule has 2 aromatic carbocycles. The number of ether oxygens (including phenoxy) is 1. The zero-order valence-electron chi connectivity index (χ0n) is 14.1. The molecule has 1 aliphatic heterocycles. The van der Waals surface area contributed by atoms with Gasteiger partial charge in [0.15, 0.2) is 0 Å². The lowest BCUT2D eigenvalue weighted by Gasteiger charge is -2.33. The summed E-state index contributed by atoms with van der Waals surface area (Å²) in [6.45, 7) is 3.19. The summed E-state index contributed by atoms with van der Waals surface area (Å²) in [7, 11) is 0. The molecule has 0 fully saturated rings. The molecule has 2 aromatic rings. The molecule has 0 saturated carbocycles. The Balaban J connectivity index is 1.73. The van der Waals surface area contributed by atoms with Crippen LogP contribution < -0.4 is 4.74 Å². The molecule has 0 saturated heterocycles. The Kier molecular flexibility index (Phi) is 5.03. The van der Waals surface area contributed by atoms with Crippen molar-refractivity contribution in [1.29, 1.82) is 0 Å². The van der Waals surface area contributed by atoms with Crippen LogP contribution in [0, 0.1) is 0 Å². The molecular weight excluding hydrogens is 318 g/mol. The highest BCUT2D eigenvalue weighted by Crippen LogP contribution is 2.29. The molecule has 0 radical (unpaired) electrons. The van der Waals surface area contributed by atoms with Gasteiger partial charge < -0.3 is 14.7 Å². The van der Waals surface area contributed by atoms with Gasteiger partial charge in [-0.25, -0.2) is 0 Å². The van der Waals surface area contributed by atoms with Crippen molar-refractivity contribution in [2.24, 2.45) is 0 Å². The van der Waals surface area contributed by atoms with E-state index in [1.54, 1.807) is 4.90 Å². The Morgan fingerprint density at radius 1 is 1.16 bits per heavy atom. The molecule has 1 amide bonds. The quantitative estimate of drug-likeness (QED) is 0.910. The Bertz CT molecular complexity index is 770. The number of carbonyl (C=O) groups is 2. The van der Waals surface area contributed by atoms with Gasteiger partial charge in [-0.05, 0) is 35.7 Å². The second-order valence-corrected chi connectivity index (χ2v) is 6.12. The minimum absolute atomic E-state index is 0.0649. The van der Waals surface area contributed by atoms with Crippen LogP contribution in [0.4, 0.5) is 0 Å². The third kappa shape index (κ3) is 3.82. The van der Waals surface area contributed by atoms with Crippen molar-refractivity contribution in [3.63, 3.8) is 0 Å². The van der Waals surface area contributed by atoms with Crippen molar-refractivity contribution in [1.82, 2.24) is 4.90 Å². The van der Waals surface area contributed by atoms with Crippen LogP contribution in [0.1, 0.15) is 29.5 Å². The molecule has 25 heavy (non-hydrogen) atoms. The SMILES string of the molecule is CCOc1ccc(CC(=O)N2Cc3ccccc3C(C(=O)O)C2)cc1. The van der Waals surface area contributed by atoms with Crippen molar-refractivity contribution < 1.29 is 19.4 Å². The van der Waals surface area contributed by atoms with Gasteiger partial charge in [-0.3, -0.25) is 9.59 Å². The molecule has 0 spiro atoms. The summed E-state index contributed by atoms with van der Waals surface area (Å²) in [6.07, 6.45) is 0.251. The third-order valence-corrected chi connectivity index (χ3v) is 4.44. The number of fused-ring (bicyclic) bond motifs is 1. The third-order valence-electron chi connectivity index (χ3n) is 4.44. The number of carboxylic acid groups (broad SMARTS) is 1. The molecule has 1 heterocycles. The van der Waals surface area contributed by atoms with Crippen LogP contribution >= 0.6 is 0 Å². The van der Waals surface area contributed by atoms with Crippen LogP contribution in [0.2, 0.25) is 0 Å². The molecule has 1 atom stereocenters. The van der Waals surface area contributed by atoms with E-state index in [0.29, 0.717) is 13.2 Å². The van der Waals surface area contributed by atoms with E-state index in [4.69, 9.17) is 4.74 Å². The average molecular weight is 339 g/mol. The van der Waals surface area contributed by atoms with Crippen molar-refractivity contribution in [2.75, 3.05) is 13.2 Å². The first-order valence-corrected chi connectivity index (χ1v) is 8.38. The van der Waals surface area contributed by atoms with Crippen LogP contribution in [-0.4, -0.2) is 35.0 Å². The van der Waals surface area contributed by atoms with Gasteiger partial charge in [0.1, 0.15) is 5.75 Å². The normalized spacial score (nSPS) is 16.2. The Morgan fingerprint density at radius 2 is 1.88 bits per heavy atom. The maximum Gasteiger partial charge on any atom is 0.312 e. The molecule has 0 aliphatic carbocycles. The fourth-order valence-corrected chi connectivity index (χ4v) is 3.16. The molecule has 3 rings (SSSR count). The molecule has 130 valence electrons. The van der Waals surface area contributed by atoms with Gasteiger partial charge in [0, 0.05) is 13.1 Å². The van der Waals surface area contributed by atoms with E-state index in [1.807, 2.05) is 55.5 Å². The molecule has 5 heteroatoms. The van der Waals surface area contributed by atoms with Gasteiger partial charge in [0.2, 0.25) is 5.91 Å². The Morgan fingerprint density at radius 3 is 2.56 bits per heavy atom. The standard InChI is InChI=1S/C20H21NO4/c1-2-25-16-9-7-14(8-10-16)11-19(22)21-12-15-5-3-4-6-17(15)18(13-21)20(23)24/h3-10,18H,2,11-13H2,1H3,(H,23,24). The first-order chi connectivity index (χ1) is 12.1. The number of carbonyl (C=O) groups excluding carboxylic acids is 1. The minimum atomic E-state index is -0.897. The summed E-state index contributed by atoms with van der Waals surface area (Å²) in [6, 6.07) is 14.9. The van der Waals surface area contributed by atoms with Gasteiger partial charge in [-0.1, -0.05) is 36.4 Å². The number of amides is 1. The summed E-state index contributed by atoms with van der Waals surface area (Å²) in [4.78, 5) is 25.9. The highest BCUT2D eigenvalue weighted by atomic mass is 16.5. The second-order valence-electron chi connectivity index (χ2n) is 6.12. The lowest BCUT2D eigenvalue weighted by Crippen LogP contribution is -2.41. The monoisotopic (exact) mass is 339 g/mol. The summed E-state index contributed by atoms with van der Waals surface area (Å²) >= 11 is 0. The number of rotatable bonds is 5. The van der Waals surface area contributed by atoms with Crippen molar-refractivity contribution in [2.45, 2.75) is 25.8 Å². The molecule has 1 N–H and O–H groups in total. The van der Waals surface area contributed by atoms with Crippen LogP contribution in [0.5, 0.6) is 5.75 Å². The first-order valence-electron chi connectivity index (χ1n) is 8.38. The smallest absolute Gasteiger partial charge is 0.312 e. The van der Waals surface area contributed by atoms with Crippen LogP contribution in [0.3, 0.4) is 0 Å². The lowest BCUT2D eigenvalue weighted by molar-refractivity contribution is -0.141. The zero-order valence-corrected chi connectivity index (χ0v) is 14.1. The minimum Gasteiger partial charge on any atom is -0.494 e. The van der Waals surface area contributed by atoms with E-state index >= 15 is 0 Å². The molecule has 5 nitrogen and oxygen atoms in total. The molecule has 1 aliphatic rings. The predicted octanol–water partition coefficient (Wildman–Crippen LogP) is 2.84. The first kappa shape index (κ1) is 17.0. The second kappa shape index (κ2) is 7.38. The number of carboxylic acids is 1. The van der Waals surface area contributed by atoms with E-state index in [2.05, 4.69) is 0 Å². The molecule has 0 bridgehead atoms. The van der Waals surface area contributed by atoms with Gasteiger partial charge in [0.25, 0.3) is 0 Å². The topological polar surface area (TPSA) is 66.8 Å². The average Bonchev–Trinajstić information content (AvgIpc) is 2.62. The number of benzene rings is 2. The summed E-state index contributed by atoms with van der Waals surface area (Å²) in [5.41, 5.74) is 2.60. The van der Waals surface area contributed by atoms with Crippen LogP contribution in [0.15, 0.2) is 48.5 Å². The Labute approximate surface area is 146 Å². The van der Waals surface area contributed by atoms with E-state index in [9.17, 15) is 14.7 Å². The van der Waals surface area contributed by atoms with Gasteiger partial charge in [-0.15, -0.1) is 0 Å². The summed E-state index contributed by atoms with van der Waals surface area (Å²) in [5.74, 6) is -0.860.